The summed E-state index contributed by atoms with van der Waals surface area (Å²) in [5.41, 5.74) is 1.99. The van der Waals surface area contributed by atoms with Crippen LogP contribution in [0.3, 0.4) is 0 Å². The molecule has 0 amide bonds. The maximum Gasteiger partial charge on any atom is 0.162 e. The lowest BCUT2D eigenvalue weighted by molar-refractivity contribution is 0.122. The van der Waals surface area contributed by atoms with Crippen molar-refractivity contribution < 1.29 is 9.84 Å². The summed E-state index contributed by atoms with van der Waals surface area (Å²) in [6.45, 7) is 7.03. The molecule has 4 aromatic rings. The van der Waals surface area contributed by atoms with Crippen molar-refractivity contribution >= 4 is 43.8 Å². The number of morpholine rings is 1. The lowest BCUT2D eigenvalue weighted by Gasteiger charge is -2.29. The van der Waals surface area contributed by atoms with Crippen LogP contribution in [0.4, 0.5) is 11.5 Å². The van der Waals surface area contributed by atoms with Crippen molar-refractivity contribution in [1.29, 1.82) is 0 Å². The first kappa shape index (κ1) is 23.0. The summed E-state index contributed by atoms with van der Waals surface area (Å²) in [6.07, 6.45) is 2.27. The fourth-order valence-electron chi connectivity index (χ4n) is 4.47. The number of nitrogens with zero attached hydrogens (tertiary/aromatic N) is 5. The maximum absolute atomic E-state index is 11.0. The number of aliphatic hydroxyl groups is 1. The number of aliphatic hydroxyl groups excluding tert-OH is 1. The van der Waals surface area contributed by atoms with Crippen LogP contribution in [-0.4, -0.2) is 59.9 Å². The van der Waals surface area contributed by atoms with Crippen LogP contribution in [0, 0.1) is 0 Å². The number of thiophene rings is 1. The van der Waals surface area contributed by atoms with Gasteiger partial charge in [0.1, 0.15) is 5.52 Å². The highest BCUT2D eigenvalue weighted by Crippen LogP contribution is 2.32. The number of fused-ring (bicyclic) bond motifs is 2. The number of hydrogen-bond acceptors (Lipinski definition) is 8. The zero-order valence-corrected chi connectivity index (χ0v) is 20.4. The molecule has 0 spiro atoms. The van der Waals surface area contributed by atoms with Gasteiger partial charge in [0.05, 0.1) is 19.3 Å². The van der Waals surface area contributed by atoms with Crippen molar-refractivity contribution in [3.8, 4) is 0 Å². The van der Waals surface area contributed by atoms with Crippen LogP contribution >= 0.6 is 11.3 Å². The molecule has 1 saturated heterocycles. The molecule has 7 nitrogen and oxygen atoms in total. The van der Waals surface area contributed by atoms with Gasteiger partial charge in [-0.15, -0.1) is 21.5 Å². The third-order valence-electron chi connectivity index (χ3n) is 6.42. The molecular weight excluding hydrogens is 446 g/mol. The van der Waals surface area contributed by atoms with E-state index < -0.39 is 6.10 Å². The van der Waals surface area contributed by atoms with Crippen LogP contribution < -0.4 is 9.80 Å². The van der Waals surface area contributed by atoms with Gasteiger partial charge in [0.15, 0.2) is 5.82 Å². The normalized spacial score (nSPS) is 15.2. The molecule has 34 heavy (non-hydrogen) atoms. The summed E-state index contributed by atoms with van der Waals surface area (Å²) < 4.78 is 6.70. The molecule has 3 heterocycles. The van der Waals surface area contributed by atoms with Crippen LogP contribution in [0.5, 0.6) is 0 Å². The van der Waals surface area contributed by atoms with Crippen LogP contribution in [0.2, 0.25) is 0 Å². The first-order valence-corrected chi connectivity index (χ1v) is 12.9. The minimum Gasteiger partial charge on any atom is -0.388 e. The van der Waals surface area contributed by atoms with Gasteiger partial charge in [0, 0.05) is 46.8 Å². The highest BCUT2D eigenvalue weighted by molar-refractivity contribution is 7.19. The van der Waals surface area contributed by atoms with Gasteiger partial charge in [-0.05, 0) is 53.8 Å². The molecular formula is C26H31N5O2S. The number of unbranched alkanes of at least 4 members (excludes halogenated alkanes) is 1. The largest absolute Gasteiger partial charge is 0.388 e. The highest BCUT2D eigenvalue weighted by atomic mass is 32.1. The zero-order valence-electron chi connectivity index (χ0n) is 19.6. The Hall–Kier alpha value is -2.81. The van der Waals surface area contributed by atoms with Crippen LogP contribution in [-0.2, 0) is 4.74 Å². The minimum absolute atomic E-state index is 0.504. The number of ether oxygens (including phenoxy) is 1. The topological polar surface area (TPSA) is 74.6 Å². The second-order valence-corrected chi connectivity index (χ2v) is 9.86. The molecule has 1 aliphatic rings. The molecule has 0 radical (unpaired) electrons. The van der Waals surface area contributed by atoms with Crippen molar-refractivity contribution in [1.82, 2.24) is 15.4 Å². The van der Waals surface area contributed by atoms with E-state index in [1.807, 2.05) is 12.1 Å². The van der Waals surface area contributed by atoms with Crippen LogP contribution in [0.1, 0.15) is 37.2 Å². The fourth-order valence-corrected chi connectivity index (χ4v) is 5.56. The van der Waals surface area contributed by atoms with Crippen molar-refractivity contribution in [3.63, 3.8) is 0 Å². The third-order valence-corrected chi connectivity index (χ3v) is 7.63. The lowest BCUT2D eigenvalue weighted by atomic mass is 10.1. The molecule has 0 unspecified atom stereocenters. The molecule has 5 rings (SSSR count). The van der Waals surface area contributed by atoms with Crippen LogP contribution in [0.25, 0.3) is 21.0 Å². The highest BCUT2D eigenvalue weighted by Gasteiger charge is 2.19. The van der Waals surface area contributed by atoms with Gasteiger partial charge in [-0.2, -0.15) is 0 Å². The summed E-state index contributed by atoms with van der Waals surface area (Å²) >= 11 is 1.67. The molecule has 2 aromatic heterocycles. The number of aromatic nitrogens is 3. The van der Waals surface area contributed by atoms with Gasteiger partial charge < -0.3 is 19.6 Å². The van der Waals surface area contributed by atoms with E-state index in [0.29, 0.717) is 13.0 Å². The summed E-state index contributed by atoms with van der Waals surface area (Å²) in [5, 5.41) is 26.0. The number of benzene rings is 2. The Kier molecular flexibility index (Phi) is 7.18. The predicted octanol–water partition coefficient (Wildman–Crippen LogP) is 4.81. The fraction of sp³-hybridized carbons (Fsp3) is 0.423. The Morgan fingerprint density at radius 2 is 1.94 bits per heavy atom. The van der Waals surface area contributed by atoms with E-state index >= 15 is 0 Å². The monoisotopic (exact) mass is 477 g/mol. The van der Waals surface area contributed by atoms with Gasteiger partial charge >= 0.3 is 0 Å². The van der Waals surface area contributed by atoms with Gasteiger partial charge in [-0.3, -0.25) is 0 Å². The standard InChI is InChI=1S/C26H31N5O2S/c1-2-3-11-31(12-10-23(32)25-17-19-6-4-5-7-24(19)34-25)26-21-9-8-20(18-22(21)27-29-28-26)30-13-15-33-16-14-30/h4-9,17-18,23,32H,2-3,10-16H2,1H3/t23-/m0/s1. The average Bonchev–Trinajstić information content (AvgIpc) is 3.33. The number of hydrogen-bond donors (Lipinski definition) is 1. The smallest absolute Gasteiger partial charge is 0.162 e. The van der Waals surface area contributed by atoms with Crippen molar-refractivity contribution in [2.75, 3.05) is 49.2 Å². The summed E-state index contributed by atoms with van der Waals surface area (Å²) in [7, 11) is 0. The van der Waals surface area contributed by atoms with E-state index in [-0.39, 0.29) is 0 Å². The van der Waals surface area contributed by atoms with Gasteiger partial charge in [-0.1, -0.05) is 31.5 Å². The van der Waals surface area contributed by atoms with Gasteiger partial charge in [0.2, 0.25) is 0 Å². The quantitative estimate of drug-likeness (QED) is 0.371. The Morgan fingerprint density at radius 3 is 2.76 bits per heavy atom. The van der Waals surface area contributed by atoms with Crippen LogP contribution in [0.15, 0.2) is 48.5 Å². The molecule has 1 fully saturated rings. The molecule has 178 valence electrons. The van der Waals surface area contributed by atoms with Gasteiger partial charge in [-0.25, -0.2) is 0 Å². The predicted molar refractivity (Wildman–Crippen MR) is 139 cm³/mol. The number of anilines is 2. The van der Waals surface area contributed by atoms with E-state index in [1.54, 1.807) is 11.3 Å². The summed E-state index contributed by atoms with van der Waals surface area (Å²) in [6, 6.07) is 16.7. The third kappa shape index (κ3) is 4.99. The zero-order chi connectivity index (χ0) is 23.3. The number of rotatable bonds is 9. The van der Waals surface area contributed by atoms with Gasteiger partial charge in [0.25, 0.3) is 0 Å². The van der Waals surface area contributed by atoms with E-state index in [9.17, 15) is 5.11 Å². The van der Waals surface area contributed by atoms with Crippen molar-refractivity contribution in [3.05, 3.63) is 53.4 Å². The molecule has 1 N–H and O–H groups in total. The summed E-state index contributed by atoms with van der Waals surface area (Å²) in [5.74, 6) is 0.843. The Labute approximate surface area is 204 Å². The minimum atomic E-state index is -0.504. The van der Waals surface area contributed by atoms with Crippen molar-refractivity contribution in [2.24, 2.45) is 0 Å². The maximum atomic E-state index is 11.0. The van der Waals surface area contributed by atoms with E-state index in [1.165, 1.54) is 10.1 Å². The average molecular weight is 478 g/mol. The van der Waals surface area contributed by atoms with Crippen molar-refractivity contribution in [2.45, 2.75) is 32.3 Å². The molecule has 0 bridgehead atoms. The molecule has 1 atom stereocenters. The second-order valence-electron chi connectivity index (χ2n) is 8.75. The Morgan fingerprint density at radius 1 is 1.09 bits per heavy atom. The molecule has 0 saturated carbocycles. The Bertz CT molecular complexity index is 1210. The van der Waals surface area contributed by atoms with E-state index in [2.05, 4.69) is 68.5 Å². The molecule has 8 heteroatoms. The first-order valence-electron chi connectivity index (χ1n) is 12.1. The molecule has 1 aliphatic heterocycles. The summed E-state index contributed by atoms with van der Waals surface area (Å²) in [4.78, 5) is 5.59. The first-order chi connectivity index (χ1) is 16.7. The second kappa shape index (κ2) is 10.6. The SMILES string of the molecule is CCCCN(CC[C@H](O)c1cc2ccccc2s1)c1nnnc2cc(N3CCOCC3)ccc12. The van der Waals surface area contributed by atoms with E-state index in [4.69, 9.17) is 4.74 Å². The Balaban J connectivity index is 1.36. The lowest BCUT2D eigenvalue weighted by Crippen LogP contribution is -2.36. The molecule has 2 aromatic carbocycles. The van der Waals surface area contributed by atoms with E-state index in [0.717, 1.165) is 73.0 Å². The molecule has 0 aliphatic carbocycles.